The lowest BCUT2D eigenvalue weighted by molar-refractivity contribution is 0.300. The summed E-state index contributed by atoms with van der Waals surface area (Å²) in [5, 5.41) is 4.09. The highest BCUT2D eigenvalue weighted by atomic mass is 19.1. The Morgan fingerprint density at radius 2 is 1.60 bits per heavy atom. The van der Waals surface area contributed by atoms with Gasteiger partial charge in [0.15, 0.2) is 0 Å². The third-order valence-electron chi connectivity index (χ3n) is 3.48. The Labute approximate surface area is 144 Å². The van der Waals surface area contributed by atoms with Gasteiger partial charge in [-0.15, -0.1) is 0 Å². The van der Waals surface area contributed by atoms with E-state index < -0.39 is 0 Å². The van der Waals surface area contributed by atoms with Crippen LogP contribution in [0.2, 0.25) is 0 Å². The van der Waals surface area contributed by atoms with Gasteiger partial charge in [-0.2, -0.15) is 5.10 Å². The van der Waals surface area contributed by atoms with Crippen LogP contribution in [-0.2, 0) is 6.61 Å². The van der Waals surface area contributed by atoms with Gasteiger partial charge in [-0.05, 0) is 60.2 Å². The summed E-state index contributed by atoms with van der Waals surface area (Å²) in [5.41, 5.74) is 4.89. The second-order valence-corrected chi connectivity index (χ2v) is 5.33. The molecule has 3 nitrogen and oxygen atoms in total. The molecule has 0 radical (unpaired) electrons. The van der Waals surface area contributed by atoms with Gasteiger partial charge in [0.1, 0.15) is 24.0 Å². The number of benzene rings is 3. The monoisotopic (exact) mass is 338 g/mol. The van der Waals surface area contributed by atoms with Crippen molar-refractivity contribution < 1.29 is 13.5 Å². The lowest BCUT2D eigenvalue weighted by Crippen LogP contribution is -1.98. The maximum absolute atomic E-state index is 13.5. The van der Waals surface area contributed by atoms with Gasteiger partial charge in [-0.3, -0.25) is 5.43 Å². The molecular formula is C20H16F2N2O. The summed E-state index contributed by atoms with van der Waals surface area (Å²) in [5.74, 6) is 0.0746. The third-order valence-corrected chi connectivity index (χ3v) is 3.48. The summed E-state index contributed by atoms with van der Waals surface area (Å²) in [6.07, 6.45) is 1.64. The van der Waals surface area contributed by atoms with Gasteiger partial charge < -0.3 is 4.74 Å². The topological polar surface area (TPSA) is 33.6 Å². The zero-order chi connectivity index (χ0) is 17.5. The number of anilines is 1. The van der Waals surface area contributed by atoms with Gasteiger partial charge in [0, 0.05) is 5.56 Å². The second kappa shape index (κ2) is 8.06. The molecule has 0 aliphatic rings. The first-order valence-electron chi connectivity index (χ1n) is 7.71. The van der Waals surface area contributed by atoms with E-state index in [1.807, 2.05) is 12.1 Å². The number of nitrogens with one attached hydrogen (secondary N) is 1. The van der Waals surface area contributed by atoms with Crippen LogP contribution in [-0.4, -0.2) is 6.21 Å². The summed E-state index contributed by atoms with van der Waals surface area (Å²) in [7, 11) is 0. The molecule has 1 N–H and O–H groups in total. The highest BCUT2D eigenvalue weighted by Gasteiger charge is 2.01. The van der Waals surface area contributed by atoms with Crippen LogP contribution in [0.1, 0.15) is 11.1 Å². The zero-order valence-corrected chi connectivity index (χ0v) is 13.3. The standard InChI is InChI=1S/C20H16F2N2O/c21-17-7-9-18(10-8-17)24-23-13-15-5-11-19(12-6-15)25-14-16-3-1-2-4-20(16)22/h1-13,24H,14H2. The Hall–Kier alpha value is -3.21. The molecule has 0 spiro atoms. The van der Waals surface area contributed by atoms with Crippen molar-refractivity contribution in [2.24, 2.45) is 5.10 Å². The number of hydrogen-bond acceptors (Lipinski definition) is 3. The maximum Gasteiger partial charge on any atom is 0.129 e. The molecule has 0 fully saturated rings. The molecular weight excluding hydrogens is 322 g/mol. The van der Waals surface area contributed by atoms with Gasteiger partial charge in [0.25, 0.3) is 0 Å². The SMILES string of the molecule is Fc1ccc(NN=Cc2ccc(OCc3ccccc3F)cc2)cc1. The van der Waals surface area contributed by atoms with Gasteiger partial charge in [0.2, 0.25) is 0 Å². The highest BCUT2D eigenvalue weighted by molar-refractivity contribution is 5.80. The molecule has 3 aromatic rings. The van der Waals surface area contributed by atoms with E-state index in [4.69, 9.17) is 4.74 Å². The Morgan fingerprint density at radius 3 is 2.32 bits per heavy atom. The number of ether oxygens (including phenoxy) is 1. The van der Waals surface area contributed by atoms with Crippen LogP contribution in [0.5, 0.6) is 5.75 Å². The molecule has 0 saturated heterocycles. The fraction of sp³-hybridized carbons (Fsp3) is 0.0500. The first-order valence-corrected chi connectivity index (χ1v) is 7.71. The summed E-state index contributed by atoms with van der Waals surface area (Å²) in [4.78, 5) is 0. The van der Waals surface area contributed by atoms with E-state index in [-0.39, 0.29) is 18.2 Å². The summed E-state index contributed by atoms with van der Waals surface area (Å²) in [6, 6.07) is 19.7. The first kappa shape index (κ1) is 16.6. The predicted molar refractivity (Wildman–Crippen MR) is 94.8 cm³/mol. The number of nitrogens with zero attached hydrogens (tertiary/aromatic N) is 1. The Bertz CT molecular complexity index is 846. The summed E-state index contributed by atoms with van der Waals surface area (Å²) < 4.78 is 31.9. The van der Waals surface area contributed by atoms with E-state index in [2.05, 4.69) is 10.5 Å². The number of halogens is 2. The number of hydrogen-bond donors (Lipinski definition) is 1. The smallest absolute Gasteiger partial charge is 0.129 e. The minimum absolute atomic E-state index is 0.173. The van der Waals surface area contributed by atoms with Crippen LogP contribution in [0.3, 0.4) is 0 Å². The lowest BCUT2D eigenvalue weighted by atomic mass is 10.2. The van der Waals surface area contributed by atoms with Crippen molar-refractivity contribution in [3.63, 3.8) is 0 Å². The fourth-order valence-electron chi connectivity index (χ4n) is 2.13. The lowest BCUT2D eigenvalue weighted by Gasteiger charge is -2.07. The van der Waals surface area contributed by atoms with E-state index in [0.717, 1.165) is 5.56 Å². The Morgan fingerprint density at radius 1 is 0.880 bits per heavy atom. The average molecular weight is 338 g/mol. The molecule has 0 unspecified atom stereocenters. The van der Waals surface area contributed by atoms with Gasteiger partial charge in [-0.25, -0.2) is 8.78 Å². The van der Waals surface area contributed by atoms with Crippen LogP contribution in [0.15, 0.2) is 77.9 Å². The van der Waals surface area contributed by atoms with E-state index in [0.29, 0.717) is 17.0 Å². The average Bonchev–Trinajstić information content (AvgIpc) is 2.64. The molecule has 3 aromatic carbocycles. The van der Waals surface area contributed by atoms with E-state index in [1.165, 1.54) is 18.2 Å². The quantitative estimate of drug-likeness (QED) is 0.507. The maximum atomic E-state index is 13.5. The molecule has 0 heterocycles. The summed E-state index contributed by atoms with van der Waals surface area (Å²) in [6.45, 7) is 0.173. The van der Waals surface area contributed by atoms with Crippen LogP contribution >= 0.6 is 0 Å². The number of rotatable bonds is 6. The van der Waals surface area contributed by atoms with E-state index in [9.17, 15) is 8.78 Å². The molecule has 0 amide bonds. The van der Waals surface area contributed by atoms with Crippen LogP contribution < -0.4 is 10.2 Å². The summed E-state index contributed by atoms with van der Waals surface area (Å²) >= 11 is 0. The first-order chi connectivity index (χ1) is 12.2. The van der Waals surface area contributed by atoms with Crippen molar-refractivity contribution in [2.45, 2.75) is 6.61 Å². The van der Waals surface area contributed by atoms with Crippen molar-refractivity contribution >= 4 is 11.9 Å². The largest absolute Gasteiger partial charge is 0.489 e. The molecule has 0 saturated carbocycles. The van der Waals surface area contributed by atoms with Crippen molar-refractivity contribution in [3.8, 4) is 5.75 Å². The molecule has 0 aliphatic heterocycles. The third kappa shape index (κ3) is 4.88. The van der Waals surface area contributed by atoms with E-state index in [1.54, 1.807) is 48.7 Å². The molecule has 3 rings (SSSR count). The molecule has 0 bridgehead atoms. The fourth-order valence-corrected chi connectivity index (χ4v) is 2.13. The zero-order valence-electron chi connectivity index (χ0n) is 13.3. The molecule has 5 heteroatoms. The molecule has 0 aromatic heterocycles. The van der Waals surface area contributed by atoms with Gasteiger partial charge in [0.05, 0.1) is 11.9 Å². The van der Waals surface area contributed by atoms with Crippen LogP contribution in [0.4, 0.5) is 14.5 Å². The number of hydrazone groups is 1. The van der Waals surface area contributed by atoms with Crippen LogP contribution in [0, 0.1) is 11.6 Å². The molecule has 126 valence electrons. The molecule has 0 atom stereocenters. The van der Waals surface area contributed by atoms with Gasteiger partial charge >= 0.3 is 0 Å². The van der Waals surface area contributed by atoms with Crippen LogP contribution in [0.25, 0.3) is 0 Å². The second-order valence-electron chi connectivity index (χ2n) is 5.33. The normalized spacial score (nSPS) is 10.8. The minimum atomic E-state index is -0.291. The minimum Gasteiger partial charge on any atom is -0.489 e. The predicted octanol–water partition coefficient (Wildman–Crippen LogP) is 4.99. The van der Waals surface area contributed by atoms with Crippen molar-refractivity contribution in [2.75, 3.05) is 5.43 Å². The molecule has 25 heavy (non-hydrogen) atoms. The molecule has 0 aliphatic carbocycles. The van der Waals surface area contributed by atoms with Crippen molar-refractivity contribution in [3.05, 3.63) is 95.6 Å². The van der Waals surface area contributed by atoms with Crippen molar-refractivity contribution in [1.82, 2.24) is 0 Å². The highest BCUT2D eigenvalue weighted by Crippen LogP contribution is 2.15. The van der Waals surface area contributed by atoms with E-state index >= 15 is 0 Å². The Balaban J connectivity index is 1.54. The Kier molecular flexibility index (Phi) is 5.36. The van der Waals surface area contributed by atoms with Gasteiger partial charge in [-0.1, -0.05) is 18.2 Å². The van der Waals surface area contributed by atoms with Crippen molar-refractivity contribution in [1.29, 1.82) is 0 Å².